The Kier molecular flexibility index (Phi) is 12.0. The number of aliphatic imine (C=N–C) groups is 1. The van der Waals surface area contributed by atoms with Gasteiger partial charge >= 0.3 is 18.4 Å². The van der Waals surface area contributed by atoms with Crippen molar-refractivity contribution in [1.82, 2.24) is 20.4 Å². The zero-order valence-corrected chi connectivity index (χ0v) is 25.3. The number of hydrogen-bond acceptors (Lipinski definition) is 6. The van der Waals surface area contributed by atoms with Gasteiger partial charge in [-0.3, -0.25) is 5.32 Å². The number of guanidine groups is 1. The summed E-state index contributed by atoms with van der Waals surface area (Å²) < 4.78 is 52.6. The molecule has 2 N–H and O–H groups in total. The molecule has 1 aliphatic heterocycles. The third kappa shape index (κ3) is 10.9. The van der Waals surface area contributed by atoms with E-state index in [1.165, 1.54) is 12.5 Å². The number of piperidine rings is 1. The quantitative estimate of drug-likeness (QED) is 0.159. The molecular formula is C30H42F3N5O5. The summed E-state index contributed by atoms with van der Waals surface area (Å²) >= 11 is 0. The Hall–Kier alpha value is -3.64. The van der Waals surface area contributed by atoms with Crippen LogP contribution in [0, 0.1) is 0 Å². The molecule has 0 aliphatic carbocycles. The molecule has 0 saturated carbocycles. The van der Waals surface area contributed by atoms with Gasteiger partial charge in [-0.15, -0.1) is 4.99 Å². The highest BCUT2D eigenvalue weighted by atomic mass is 19.4. The molecule has 1 aromatic carbocycles. The summed E-state index contributed by atoms with van der Waals surface area (Å²) in [4.78, 5) is 33.1. The lowest BCUT2D eigenvalue weighted by Gasteiger charge is -2.33. The normalized spacial score (nSPS) is 16.3. The summed E-state index contributed by atoms with van der Waals surface area (Å²) in [6.07, 6.45) is 1.85. The van der Waals surface area contributed by atoms with Crippen LogP contribution in [0.4, 0.5) is 22.8 Å². The van der Waals surface area contributed by atoms with Crippen LogP contribution in [0.25, 0.3) is 11.4 Å². The van der Waals surface area contributed by atoms with E-state index in [1.807, 2.05) is 0 Å². The molecule has 43 heavy (non-hydrogen) atoms. The van der Waals surface area contributed by atoms with Gasteiger partial charge < -0.3 is 19.3 Å². The van der Waals surface area contributed by atoms with Gasteiger partial charge in [0.05, 0.1) is 11.5 Å². The lowest BCUT2D eigenvalue weighted by atomic mass is 9.97. The second-order valence-electron chi connectivity index (χ2n) is 11.8. The van der Waals surface area contributed by atoms with Crippen molar-refractivity contribution >= 4 is 18.1 Å². The number of carboxylic acid groups (broad SMARTS) is 1. The lowest BCUT2D eigenvalue weighted by molar-refractivity contribution is -0.138. The number of alkyl halides is 3. The number of nitrogens with zero attached hydrogens (tertiary/aromatic N) is 4. The van der Waals surface area contributed by atoms with Gasteiger partial charge in [0.1, 0.15) is 5.60 Å². The van der Waals surface area contributed by atoms with Crippen LogP contribution in [0.5, 0.6) is 0 Å². The first-order valence-electron chi connectivity index (χ1n) is 14.9. The minimum Gasteiger partial charge on any atom is -0.463 e. The van der Waals surface area contributed by atoms with Gasteiger partial charge in [-0.05, 0) is 58.1 Å². The molecule has 2 heterocycles. The minimum absolute atomic E-state index is 0.0337. The van der Waals surface area contributed by atoms with Gasteiger partial charge in [0.2, 0.25) is 17.7 Å². The monoisotopic (exact) mass is 609 g/mol. The van der Waals surface area contributed by atoms with Crippen molar-refractivity contribution in [3.63, 3.8) is 0 Å². The number of amides is 2. The fourth-order valence-electron chi connectivity index (χ4n) is 5.02. The van der Waals surface area contributed by atoms with Crippen molar-refractivity contribution < 1.29 is 37.1 Å². The van der Waals surface area contributed by atoms with E-state index in [1.54, 1.807) is 31.7 Å². The van der Waals surface area contributed by atoms with E-state index in [9.17, 15) is 27.9 Å². The number of hydrogen-bond donors (Lipinski definition) is 2. The smallest absolute Gasteiger partial charge is 0.434 e. The maximum absolute atomic E-state index is 14.0. The number of aromatic nitrogens is 2. The first kappa shape index (κ1) is 33.9. The number of unbranched alkanes of at least 4 members (excludes halogenated alkanes) is 6. The number of carbonyl (C=O) groups excluding carboxylic acids is 1. The summed E-state index contributed by atoms with van der Waals surface area (Å²) in [6, 6.07) is 4.14. The number of ether oxygens (including phenoxy) is 1. The molecule has 2 aromatic rings. The second kappa shape index (κ2) is 15.2. The van der Waals surface area contributed by atoms with E-state index in [4.69, 9.17) is 9.26 Å². The number of rotatable bonds is 10. The largest absolute Gasteiger partial charge is 0.463 e. The third-order valence-corrected chi connectivity index (χ3v) is 7.05. The molecule has 1 aromatic heterocycles. The van der Waals surface area contributed by atoms with Crippen LogP contribution in [-0.2, 0) is 17.3 Å². The number of halogens is 3. The number of likely N-dealkylation sites (tertiary alicyclic amines) is 1. The zero-order chi connectivity index (χ0) is 31.6. The fraction of sp³-hybridized carbons (Fsp3) is 0.633. The highest BCUT2D eigenvalue weighted by Gasteiger charge is 2.34. The highest BCUT2D eigenvalue weighted by Crippen LogP contribution is 2.36. The Morgan fingerprint density at radius 1 is 1.14 bits per heavy atom. The van der Waals surface area contributed by atoms with Crippen molar-refractivity contribution in [2.75, 3.05) is 13.1 Å². The van der Waals surface area contributed by atoms with Crippen LogP contribution in [0.1, 0.15) is 108 Å². The van der Waals surface area contributed by atoms with Gasteiger partial charge in [0, 0.05) is 18.7 Å². The average Bonchev–Trinajstić information content (AvgIpc) is 3.41. The number of alkyl carbamates (subject to hydrolysis) is 1. The van der Waals surface area contributed by atoms with E-state index in [0.29, 0.717) is 32.2 Å². The molecule has 1 aliphatic rings. The van der Waals surface area contributed by atoms with Crippen LogP contribution >= 0.6 is 0 Å². The molecule has 1 saturated heterocycles. The maximum Gasteiger partial charge on any atom is 0.434 e. The van der Waals surface area contributed by atoms with Crippen molar-refractivity contribution in [2.24, 2.45) is 4.99 Å². The Labute approximate surface area is 250 Å². The summed E-state index contributed by atoms with van der Waals surface area (Å²) in [5.41, 5.74) is -1.06. The highest BCUT2D eigenvalue weighted by molar-refractivity contribution is 5.98. The number of carbonyl (C=O) groups is 2. The molecule has 0 radical (unpaired) electrons. The molecule has 3 rings (SSSR count). The van der Waals surface area contributed by atoms with Crippen LogP contribution in [0.3, 0.4) is 0 Å². The number of nitrogens with one attached hydrogen (secondary N) is 1. The SMILES string of the molecule is CCCCCCCCCc1ccc(-c2noc([C@@H]3CCCN(/C(=N\C(=O)O)NC(=O)OC(C)(C)C)C3)n2)cc1C(F)(F)F. The predicted octanol–water partition coefficient (Wildman–Crippen LogP) is 7.79. The van der Waals surface area contributed by atoms with E-state index in [0.717, 1.165) is 38.2 Å². The average molecular weight is 610 g/mol. The second-order valence-corrected chi connectivity index (χ2v) is 11.8. The van der Waals surface area contributed by atoms with Gasteiger partial charge in [0.25, 0.3) is 0 Å². The fourth-order valence-corrected chi connectivity index (χ4v) is 5.02. The van der Waals surface area contributed by atoms with E-state index >= 15 is 0 Å². The summed E-state index contributed by atoms with van der Waals surface area (Å²) in [7, 11) is 0. The molecule has 0 spiro atoms. The molecule has 0 bridgehead atoms. The van der Waals surface area contributed by atoms with Crippen LogP contribution in [0.15, 0.2) is 27.7 Å². The maximum atomic E-state index is 14.0. The van der Waals surface area contributed by atoms with Crippen LogP contribution in [0.2, 0.25) is 0 Å². The van der Waals surface area contributed by atoms with Crippen molar-refractivity contribution in [2.45, 2.75) is 110 Å². The minimum atomic E-state index is -4.52. The molecule has 1 fully saturated rings. The molecule has 0 unspecified atom stereocenters. The summed E-state index contributed by atoms with van der Waals surface area (Å²) in [6.45, 7) is 7.75. The van der Waals surface area contributed by atoms with Crippen molar-refractivity contribution in [3.05, 3.63) is 35.2 Å². The van der Waals surface area contributed by atoms with E-state index in [-0.39, 0.29) is 41.3 Å². The third-order valence-electron chi connectivity index (χ3n) is 7.05. The molecule has 13 heteroatoms. The molecule has 238 valence electrons. The standard InChI is InChI=1S/C30H42F3N5O5/c1-5-6-7-8-9-10-11-13-20-15-16-21(18-23(20)30(31,32)33)24-34-25(43-37-24)22-14-12-17-38(19-22)26(35-27(39)40)36-28(41)42-29(2,3)4/h15-16,18,22H,5-14,17,19H2,1-4H3,(H,39,40)(H,35,36,41)/t22-/m1/s1. The zero-order valence-electron chi connectivity index (χ0n) is 25.3. The topological polar surface area (TPSA) is 130 Å². The van der Waals surface area contributed by atoms with Crippen molar-refractivity contribution in [1.29, 1.82) is 0 Å². The lowest BCUT2D eigenvalue weighted by Crippen LogP contribution is -2.49. The van der Waals surface area contributed by atoms with Gasteiger partial charge in [-0.2, -0.15) is 18.2 Å². The van der Waals surface area contributed by atoms with Gasteiger partial charge in [0.15, 0.2) is 0 Å². The predicted molar refractivity (Wildman–Crippen MR) is 155 cm³/mol. The molecule has 10 nitrogen and oxygen atoms in total. The van der Waals surface area contributed by atoms with Crippen LogP contribution < -0.4 is 5.32 Å². The number of benzene rings is 1. The first-order chi connectivity index (χ1) is 20.3. The molecular weight excluding hydrogens is 567 g/mol. The Morgan fingerprint density at radius 2 is 1.84 bits per heavy atom. The van der Waals surface area contributed by atoms with E-state index in [2.05, 4.69) is 27.4 Å². The molecule has 2 amide bonds. The van der Waals surface area contributed by atoms with Gasteiger partial charge in [-0.25, -0.2) is 9.59 Å². The Morgan fingerprint density at radius 3 is 2.49 bits per heavy atom. The summed E-state index contributed by atoms with van der Waals surface area (Å²) in [5, 5.41) is 15.6. The van der Waals surface area contributed by atoms with Crippen molar-refractivity contribution in [3.8, 4) is 11.4 Å². The van der Waals surface area contributed by atoms with Gasteiger partial charge in [-0.1, -0.05) is 62.7 Å². The summed E-state index contributed by atoms with van der Waals surface area (Å²) in [5.74, 6) is -0.329. The number of aryl methyl sites for hydroxylation is 1. The Bertz CT molecular complexity index is 1260. The Balaban J connectivity index is 1.72. The van der Waals surface area contributed by atoms with Crippen LogP contribution in [-0.4, -0.2) is 57.0 Å². The first-order valence-corrected chi connectivity index (χ1v) is 14.9. The van der Waals surface area contributed by atoms with E-state index < -0.39 is 29.5 Å². The molecule has 1 atom stereocenters.